The summed E-state index contributed by atoms with van der Waals surface area (Å²) in [5.41, 5.74) is 1.03. The maximum absolute atomic E-state index is 13.6. The summed E-state index contributed by atoms with van der Waals surface area (Å²) in [6.45, 7) is 0.208. The lowest BCUT2D eigenvalue weighted by Gasteiger charge is -2.45. The van der Waals surface area contributed by atoms with Crippen LogP contribution in [0.15, 0.2) is 66.7 Å². The van der Waals surface area contributed by atoms with Crippen molar-refractivity contribution < 1.29 is 14.4 Å². The number of rotatable bonds is 1. The number of nitrogens with zero attached hydrogens (tertiary/aromatic N) is 2. The predicted octanol–water partition coefficient (Wildman–Crippen LogP) is 3.10. The quantitative estimate of drug-likeness (QED) is 0.654. The van der Waals surface area contributed by atoms with Crippen LogP contribution in [0.2, 0.25) is 0 Å². The van der Waals surface area contributed by atoms with Crippen LogP contribution in [0.4, 0.5) is 16.2 Å². The van der Waals surface area contributed by atoms with Crippen molar-refractivity contribution >= 4 is 40.0 Å². The zero-order valence-electron chi connectivity index (χ0n) is 15.9. The van der Waals surface area contributed by atoms with E-state index >= 15 is 0 Å². The lowest BCUT2D eigenvalue weighted by Crippen LogP contribution is -2.68. The number of hydrogen-bond acceptors (Lipinski definition) is 4. The topological polar surface area (TPSA) is 69.7 Å². The Kier molecular flexibility index (Phi) is 3.71. The van der Waals surface area contributed by atoms with E-state index in [-0.39, 0.29) is 13.0 Å². The average Bonchev–Trinajstić information content (AvgIpc) is 2.73. The Balaban J connectivity index is 1.67. The van der Waals surface area contributed by atoms with Crippen molar-refractivity contribution in [3.05, 3.63) is 72.3 Å². The molecule has 4 amide bonds. The highest BCUT2D eigenvalue weighted by Crippen LogP contribution is 2.42. The monoisotopic (exact) mass is 385 g/mol. The number of imide groups is 2. The van der Waals surface area contributed by atoms with Crippen LogP contribution in [0.1, 0.15) is 5.56 Å². The number of hydrogen-bond donors (Lipinski definition) is 1. The summed E-state index contributed by atoms with van der Waals surface area (Å²) in [6, 6.07) is 20.0. The molecule has 5 rings (SSSR count). The normalized spacial score (nSPS) is 21.5. The van der Waals surface area contributed by atoms with Crippen molar-refractivity contribution in [3.8, 4) is 0 Å². The highest BCUT2D eigenvalue weighted by atomic mass is 16.2. The number of carbonyl (C=O) groups is 3. The summed E-state index contributed by atoms with van der Waals surface area (Å²) in [7, 11) is 1.87. The third-order valence-electron chi connectivity index (χ3n) is 5.90. The van der Waals surface area contributed by atoms with E-state index < -0.39 is 23.3 Å². The number of urea groups is 1. The maximum Gasteiger partial charge on any atom is 0.335 e. The van der Waals surface area contributed by atoms with Crippen LogP contribution < -0.4 is 15.1 Å². The van der Waals surface area contributed by atoms with Crippen LogP contribution >= 0.6 is 0 Å². The lowest BCUT2D eigenvalue weighted by atomic mass is 9.73. The lowest BCUT2D eigenvalue weighted by molar-refractivity contribution is -0.142. The number of anilines is 2. The van der Waals surface area contributed by atoms with E-state index in [1.54, 1.807) is 24.3 Å². The largest absolute Gasteiger partial charge is 0.373 e. The summed E-state index contributed by atoms with van der Waals surface area (Å²) in [4.78, 5) is 42.2. The number of nitrogens with one attached hydrogen (secondary N) is 1. The van der Waals surface area contributed by atoms with Gasteiger partial charge in [0.15, 0.2) is 5.41 Å². The molecule has 2 heterocycles. The van der Waals surface area contributed by atoms with Crippen LogP contribution in [0.25, 0.3) is 10.8 Å². The Morgan fingerprint density at radius 3 is 2.41 bits per heavy atom. The molecule has 6 nitrogen and oxygen atoms in total. The van der Waals surface area contributed by atoms with Gasteiger partial charge in [-0.05, 0) is 34.5 Å². The summed E-state index contributed by atoms with van der Waals surface area (Å²) in [5, 5.41) is 4.48. The fraction of sp³-hybridized carbons (Fsp3) is 0.174. The second-order valence-corrected chi connectivity index (χ2v) is 7.63. The number of benzene rings is 3. The van der Waals surface area contributed by atoms with E-state index in [1.807, 2.05) is 54.4 Å². The van der Waals surface area contributed by atoms with E-state index in [9.17, 15) is 14.4 Å². The van der Waals surface area contributed by atoms with Gasteiger partial charge in [0.25, 0.3) is 5.91 Å². The summed E-state index contributed by atoms with van der Waals surface area (Å²) in [5.74, 6) is -1.02. The molecule has 29 heavy (non-hydrogen) atoms. The molecule has 0 aromatic heterocycles. The van der Waals surface area contributed by atoms with Crippen molar-refractivity contribution in [1.82, 2.24) is 5.32 Å². The third kappa shape index (κ3) is 2.45. The Bertz CT molecular complexity index is 1170. The van der Waals surface area contributed by atoms with Gasteiger partial charge in [0.1, 0.15) is 0 Å². The molecule has 1 N–H and O–H groups in total. The number of amides is 4. The second kappa shape index (κ2) is 6.17. The second-order valence-electron chi connectivity index (χ2n) is 7.63. The van der Waals surface area contributed by atoms with Gasteiger partial charge in [-0.1, -0.05) is 48.5 Å². The molecular weight excluding hydrogens is 366 g/mol. The van der Waals surface area contributed by atoms with E-state index in [1.165, 1.54) is 0 Å². The first kappa shape index (κ1) is 17.4. The predicted molar refractivity (Wildman–Crippen MR) is 111 cm³/mol. The average molecular weight is 385 g/mol. The molecule has 3 aromatic rings. The Morgan fingerprint density at radius 1 is 0.897 bits per heavy atom. The summed E-state index contributed by atoms with van der Waals surface area (Å²) < 4.78 is 0. The Labute approximate surface area is 167 Å². The molecular formula is C23H19N3O3. The smallest absolute Gasteiger partial charge is 0.335 e. The van der Waals surface area contributed by atoms with Gasteiger partial charge in [-0.3, -0.25) is 14.9 Å². The summed E-state index contributed by atoms with van der Waals surface area (Å²) >= 11 is 0. The molecule has 1 spiro atoms. The van der Waals surface area contributed by atoms with E-state index in [4.69, 9.17) is 0 Å². The minimum absolute atomic E-state index is 0.208. The standard InChI is InChI=1S/C23H19N3O3/c1-25-14-23(13-18-17-10-6-5-7-15(17)11-12-19(18)25)20(27)24-22(29)26(21(23)28)16-8-3-2-4-9-16/h2-12H,13-14H2,1H3,(H,24,27,29). The number of barbiturate groups is 1. The SMILES string of the molecule is CN1CC2(Cc3c1ccc1ccccc31)C(=O)NC(=O)N(c1ccccc1)C2=O. The van der Waals surface area contributed by atoms with Gasteiger partial charge in [0, 0.05) is 25.7 Å². The number of para-hydroxylation sites is 1. The van der Waals surface area contributed by atoms with Crippen molar-refractivity contribution in [2.24, 2.45) is 5.41 Å². The maximum atomic E-state index is 13.6. The molecule has 0 aliphatic carbocycles. The molecule has 1 unspecified atom stereocenters. The van der Waals surface area contributed by atoms with E-state index in [0.29, 0.717) is 5.69 Å². The zero-order chi connectivity index (χ0) is 20.2. The van der Waals surface area contributed by atoms with E-state index in [0.717, 1.165) is 26.9 Å². The zero-order valence-corrected chi connectivity index (χ0v) is 15.9. The third-order valence-corrected chi connectivity index (χ3v) is 5.90. The van der Waals surface area contributed by atoms with Crippen molar-refractivity contribution in [1.29, 1.82) is 0 Å². The molecule has 0 bridgehead atoms. The highest BCUT2D eigenvalue weighted by molar-refractivity contribution is 6.30. The first-order valence-electron chi connectivity index (χ1n) is 9.48. The van der Waals surface area contributed by atoms with Gasteiger partial charge in [0.05, 0.1) is 5.69 Å². The van der Waals surface area contributed by atoms with E-state index in [2.05, 4.69) is 5.32 Å². The molecule has 2 aliphatic heterocycles. The minimum Gasteiger partial charge on any atom is -0.373 e. The molecule has 1 saturated heterocycles. The molecule has 1 atom stereocenters. The molecule has 0 saturated carbocycles. The molecule has 3 aromatic carbocycles. The Morgan fingerprint density at radius 2 is 1.62 bits per heavy atom. The fourth-order valence-corrected chi connectivity index (χ4v) is 4.50. The molecule has 1 fully saturated rings. The number of carbonyl (C=O) groups excluding carboxylic acids is 3. The first-order chi connectivity index (χ1) is 14.0. The highest BCUT2D eigenvalue weighted by Gasteiger charge is 2.56. The van der Waals surface area contributed by atoms with Gasteiger partial charge in [-0.25, -0.2) is 9.69 Å². The fourth-order valence-electron chi connectivity index (χ4n) is 4.50. The first-order valence-corrected chi connectivity index (χ1v) is 9.48. The summed E-state index contributed by atoms with van der Waals surface area (Å²) in [6.07, 6.45) is 0.245. The van der Waals surface area contributed by atoms with Gasteiger partial charge >= 0.3 is 6.03 Å². The van der Waals surface area contributed by atoms with Crippen molar-refractivity contribution in [2.75, 3.05) is 23.4 Å². The van der Waals surface area contributed by atoms with Gasteiger partial charge in [-0.2, -0.15) is 0 Å². The van der Waals surface area contributed by atoms with Crippen LogP contribution in [-0.4, -0.2) is 31.4 Å². The number of fused-ring (bicyclic) bond motifs is 3. The van der Waals surface area contributed by atoms with Crippen molar-refractivity contribution in [2.45, 2.75) is 6.42 Å². The Hall–Kier alpha value is -3.67. The van der Waals surface area contributed by atoms with Gasteiger partial charge in [0.2, 0.25) is 5.91 Å². The minimum atomic E-state index is -1.37. The van der Waals surface area contributed by atoms with Gasteiger partial charge < -0.3 is 4.90 Å². The van der Waals surface area contributed by atoms with Crippen LogP contribution in [0.3, 0.4) is 0 Å². The molecule has 0 radical (unpaired) electrons. The van der Waals surface area contributed by atoms with Crippen LogP contribution in [0, 0.1) is 5.41 Å². The molecule has 6 heteroatoms. The van der Waals surface area contributed by atoms with Crippen LogP contribution in [-0.2, 0) is 16.0 Å². The van der Waals surface area contributed by atoms with Gasteiger partial charge in [-0.15, -0.1) is 0 Å². The molecule has 2 aliphatic rings. The van der Waals surface area contributed by atoms with Crippen LogP contribution in [0.5, 0.6) is 0 Å². The van der Waals surface area contributed by atoms with Crippen molar-refractivity contribution in [3.63, 3.8) is 0 Å². The molecule has 144 valence electrons.